The Hall–Kier alpha value is -1.56. The number of hydrogen-bond acceptors (Lipinski definition) is 6. The van der Waals surface area contributed by atoms with Gasteiger partial charge in [0, 0.05) is 0 Å². The van der Waals surface area contributed by atoms with Crippen LogP contribution >= 0.6 is 11.6 Å². The summed E-state index contributed by atoms with van der Waals surface area (Å²) in [6.07, 6.45) is 1.71. The first-order valence-corrected chi connectivity index (χ1v) is 5.19. The number of carbonyl (C=O) groups is 1. The molecule has 16 heavy (non-hydrogen) atoms. The number of aromatic nitrogens is 2. The quantitative estimate of drug-likeness (QED) is 0.610. The molecule has 0 fully saturated rings. The average molecular weight is 245 g/mol. The number of unbranched alkanes of at least 4 members (excludes halogenated alkanes) is 1. The molecule has 0 unspecified atom stereocenters. The third-order valence-electron chi connectivity index (χ3n) is 1.83. The maximum absolute atomic E-state index is 11.5. The van der Waals surface area contributed by atoms with Crippen molar-refractivity contribution in [1.82, 2.24) is 9.97 Å². The van der Waals surface area contributed by atoms with E-state index in [1.54, 1.807) is 0 Å². The lowest BCUT2D eigenvalue weighted by Crippen LogP contribution is -2.14. The van der Waals surface area contributed by atoms with Gasteiger partial charge in [0.25, 0.3) is 0 Å². The van der Waals surface area contributed by atoms with Crippen LogP contribution in [0, 0.1) is 0 Å². The van der Waals surface area contributed by atoms with Crippen molar-refractivity contribution in [2.45, 2.75) is 19.8 Å². The molecule has 1 heterocycles. The van der Waals surface area contributed by atoms with Crippen molar-refractivity contribution >= 4 is 29.2 Å². The van der Waals surface area contributed by atoms with E-state index in [2.05, 4.69) is 9.97 Å². The van der Waals surface area contributed by atoms with Gasteiger partial charge in [-0.15, -0.1) is 0 Å². The van der Waals surface area contributed by atoms with Crippen molar-refractivity contribution < 1.29 is 9.53 Å². The molecule has 1 aromatic rings. The lowest BCUT2D eigenvalue weighted by molar-refractivity contribution is 0.0494. The summed E-state index contributed by atoms with van der Waals surface area (Å²) >= 11 is 5.63. The van der Waals surface area contributed by atoms with Gasteiger partial charge in [-0.25, -0.2) is 14.8 Å². The molecule has 88 valence electrons. The van der Waals surface area contributed by atoms with Crippen LogP contribution in [0.2, 0.25) is 5.15 Å². The summed E-state index contributed by atoms with van der Waals surface area (Å²) in [6, 6.07) is 0. The molecular weight excluding hydrogens is 232 g/mol. The first-order valence-electron chi connectivity index (χ1n) is 4.81. The van der Waals surface area contributed by atoms with E-state index in [1.165, 1.54) is 0 Å². The van der Waals surface area contributed by atoms with Crippen LogP contribution in [0.4, 0.5) is 11.6 Å². The predicted octanol–water partition coefficient (Wildman–Crippen LogP) is 1.25. The summed E-state index contributed by atoms with van der Waals surface area (Å²) in [6.45, 7) is 2.31. The minimum atomic E-state index is -0.639. The fourth-order valence-corrected chi connectivity index (χ4v) is 1.10. The van der Waals surface area contributed by atoms with E-state index in [9.17, 15) is 4.79 Å². The lowest BCUT2D eigenvalue weighted by atomic mass is 10.3. The molecule has 0 saturated heterocycles. The Labute approximate surface area is 98.0 Å². The van der Waals surface area contributed by atoms with Gasteiger partial charge in [-0.3, -0.25) is 0 Å². The van der Waals surface area contributed by atoms with Gasteiger partial charge < -0.3 is 16.2 Å². The van der Waals surface area contributed by atoms with Crippen LogP contribution < -0.4 is 11.5 Å². The van der Waals surface area contributed by atoms with E-state index in [0.717, 1.165) is 12.8 Å². The number of hydrogen-bond donors (Lipinski definition) is 2. The van der Waals surface area contributed by atoms with Crippen molar-refractivity contribution in [3.05, 3.63) is 10.8 Å². The van der Waals surface area contributed by atoms with E-state index in [0.29, 0.717) is 6.61 Å². The van der Waals surface area contributed by atoms with Gasteiger partial charge in [-0.1, -0.05) is 24.9 Å². The van der Waals surface area contributed by atoms with Crippen LogP contribution in [0.25, 0.3) is 0 Å². The molecule has 0 atom stereocenters. The SMILES string of the molecule is CCCCOC(=O)c1nc(Cl)c(N)nc1N. The van der Waals surface area contributed by atoms with Crippen LogP contribution in [0.1, 0.15) is 30.3 Å². The molecule has 0 radical (unpaired) electrons. The van der Waals surface area contributed by atoms with E-state index in [4.69, 9.17) is 27.8 Å². The Balaban J connectivity index is 2.79. The molecule has 0 aliphatic heterocycles. The molecule has 0 aliphatic rings. The Morgan fingerprint density at radius 2 is 2.06 bits per heavy atom. The summed E-state index contributed by atoms with van der Waals surface area (Å²) < 4.78 is 4.92. The highest BCUT2D eigenvalue weighted by Crippen LogP contribution is 2.17. The van der Waals surface area contributed by atoms with E-state index in [1.807, 2.05) is 6.92 Å². The highest BCUT2D eigenvalue weighted by Gasteiger charge is 2.16. The van der Waals surface area contributed by atoms with Crippen LogP contribution in [0.3, 0.4) is 0 Å². The maximum atomic E-state index is 11.5. The Kier molecular flexibility index (Phi) is 4.30. The number of anilines is 2. The second-order valence-corrected chi connectivity index (χ2v) is 3.48. The zero-order chi connectivity index (χ0) is 12.1. The second kappa shape index (κ2) is 5.50. The topological polar surface area (TPSA) is 104 Å². The normalized spacial score (nSPS) is 10.1. The van der Waals surface area contributed by atoms with Gasteiger partial charge in [0.1, 0.15) is 0 Å². The Bertz CT molecular complexity index is 397. The molecule has 0 aromatic carbocycles. The molecule has 0 aliphatic carbocycles. The number of halogens is 1. The summed E-state index contributed by atoms with van der Waals surface area (Å²) in [5, 5.41) is -0.0587. The number of nitrogens with two attached hydrogens (primary N) is 2. The molecule has 0 spiro atoms. The average Bonchev–Trinajstić information content (AvgIpc) is 2.23. The lowest BCUT2D eigenvalue weighted by Gasteiger charge is -2.06. The third kappa shape index (κ3) is 2.96. The molecule has 7 heteroatoms. The monoisotopic (exact) mass is 244 g/mol. The second-order valence-electron chi connectivity index (χ2n) is 3.12. The van der Waals surface area contributed by atoms with Crippen LogP contribution in [-0.2, 0) is 4.74 Å². The van der Waals surface area contributed by atoms with Gasteiger partial charge in [-0.05, 0) is 6.42 Å². The highest BCUT2D eigenvalue weighted by atomic mass is 35.5. The predicted molar refractivity (Wildman–Crippen MR) is 61.1 cm³/mol. The van der Waals surface area contributed by atoms with Gasteiger partial charge >= 0.3 is 5.97 Å². The number of rotatable bonds is 4. The fraction of sp³-hybridized carbons (Fsp3) is 0.444. The van der Waals surface area contributed by atoms with Gasteiger partial charge in [0.15, 0.2) is 22.5 Å². The number of esters is 1. The van der Waals surface area contributed by atoms with Crippen molar-refractivity contribution in [2.75, 3.05) is 18.1 Å². The maximum Gasteiger partial charge on any atom is 0.360 e. The van der Waals surface area contributed by atoms with Crippen molar-refractivity contribution in [2.24, 2.45) is 0 Å². The van der Waals surface area contributed by atoms with Crippen LogP contribution in [0.15, 0.2) is 0 Å². The first kappa shape index (κ1) is 12.5. The summed E-state index contributed by atoms with van der Waals surface area (Å²) in [7, 11) is 0. The standard InChI is InChI=1S/C9H13ClN4O2/c1-2-3-4-16-9(15)5-7(11)14-8(12)6(10)13-5/h2-4H2,1H3,(H4,11,12,14). The van der Waals surface area contributed by atoms with Crippen LogP contribution in [0.5, 0.6) is 0 Å². The number of nitrogens with zero attached hydrogens (tertiary/aromatic N) is 2. The molecule has 4 N–H and O–H groups in total. The smallest absolute Gasteiger partial charge is 0.360 e. The van der Waals surface area contributed by atoms with E-state index in [-0.39, 0.29) is 22.5 Å². The van der Waals surface area contributed by atoms with Gasteiger partial charge in [-0.2, -0.15) is 0 Å². The van der Waals surface area contributed by atoms with Crippen molar-refractivity contribution in [3.63, 3.8) is 0 Å². The molecular formula is C9H13ClN4O2. The zero-order valence-corrected chi connectivity index (χ0v) is 9.62. The number of carbonyl (C=O) groups excluding carboxylic acids is 1. The van der Waals surface area contributed by atoms with Gasteiger partial charge in [0.2, 0.25) is 0 Å². The molecule has 1 aromatic heterocycles. The summed E-state index contributed by atoms with van der Waals surface area (Å²) in [5.74, 6) is -0.729. The zero-order valence-electron chi connectivity index (χ0n) is 8.86. The molecule has 0 amide bonds. The van der Waals surface area contributed by atoms with Crippen molar-refractivity contribution in [1.29, 1.82) is 0 Å². The molecule has 0 saturated carbocycles. The van der Waals surface area contributed by atoms with E-state index >= 15 is 0 Å². The van der Waals surface area contributed by atoms with Crippen LogP contribution in [-0.4, -0.2) is 22.5 Å². The first-order chi connectivity index (χ1) is 7.56. The Morgan fingerprint density at radius 3 is 2.69 bits per heavy atom. The largest absolute Gasteiger partial charge is 0.461 e. The summed E-state index contributed by atoms with van der Waals surface area (Å²) in [5.41, 5.74) is 10.8. The van der Waals surface area contributed by atoms with Gasteiger partial charge in [0.05, 0.1) is 6.61 Å². The molecule has 6 nitrogen and oxygen atoms in total. The number of nitrogen functional groups attached to an aromatic ring is 2. The fourth-order valence-electron chi connectivity index (χ4n) is 0.969. The van der Waals surface area contributed by atoms with E-state index < -0.39 is 5.97 Å². The van der Waals surface area contributed by atoms with Crippen molar-refractivity contribution in [3.8, 4) is 0 Å². The Morgan fingerprint density at radius 1 is 1.38 bits per heavy atom. The number of ether oxygens (including phenoxy) is 1. The molecule has 0 bridgehead atoms. The summed E-state index contributed by atoms with van der Waals surface area (Å²) in [4.78, 5) is 18.9. The minimum absolute atomic E-state index is 0.00993. The molecule has 1 rings (SSSR count). The third-order valence-corrected chi connectivity index (χ3v) is 2.11. The minimum Gasteiger partial charge on any atom is -0.461 e. The highest BCUT2D eigenvalue weighted by molar-refractivity contribution is 6.31.